The molecule has 0 unspecified atom stereocenters. The topological polar surface area (TPSA) is 38.0 Å². The van der Waals surface area contributed by atoms with Crippen molar-refractivity contribution in [3.05, 3.63) is 47.8 Å². The van der Waals surface area contributed by atoms with E-state index < -0.39 is 0 Å². The molecule has 1 N–H and O–H groups in total. The van der Waals surface area contributed by atoms with Crippen LogP contribution in [0.4, 0.5) is 0 Å². The van der Waals surface area contributed by atoms with Gasteiger partial charge in [0.1, 0.15) is 0 Å². The predicted octanol–water partition coefficient (Wildman–Crippen LogP) is 2.24. The molecule has 1 aromatic heterocycles. The minimum absolute atomic E-state index is 0.0921. The molecule has 16 heavy (non-hydrogen) atoms. The maximum Gasteiger partial charge on any atom is 0.0681 e. The zero-order valence-corrected chi connectivity index (χ0v) is 9.00. The zero-order chi connectivity index (χ0) is 11.0. The van der Waals surface area contributed by atoms with Gasteiger partial charge in [-0.05, 0) is 36.6 Å². The lowest BCUT2D eigenvalue weighted by Crippen LogP contribution is -2.00. The lowest BCUT2D eigenvalue weighted by Gasteiger charge is -2.07. The van der Waals surface area contributed by atoms with Crippen molar-refractivity contribution >= 4 is 0 Å². The van der Waals surface area contributed by atoms with Gasteiger partial charge in [0.15, 0.2) is 0 Å². The fourth-order valence-electron chi connectivity index (χ4n) is 1.96. The Morgan fingerprint density at radius 2 is 1.94 bits per heavy atom. The van der Waals surface area contributed by atoms with E-state index in [0.29, 0.717) is 5.92 Å². The highest BCUT2D eigenvalue weighted by Crippen LogP contribution is 2.40. The van der Waals surface area contributed by atoms with Gasteiger partial charge < -0.3 is 5.11 Å². The van der Waals surface area contributed by atoms with E-state index in [2.05, 4.69) is 11.2 Å². The average molecular weight is 214 g/mol. The molecule has 82 valence electrons. The fourth-order valence-corrected chi connectivity index (χ4v) is 1.96. The van der Waals surface area contributed by atoms with Crippen LogP contribution >= 0.6 is 0 Å². The Labute approximate surface area is 94.3 Å². The normalized spacial score (nSPS) is 15.3. The van der Waals surface area contributed by atoms with Crippen molar-refractivity contribution in [3.63, 3.8) is 0 Å². The van der Waals surface area contributed by atoms with Crippen LogP contribution in [0, 0.1) is 0 Å². The summed E-state index contributed by atoms with van der Waals surface area (Å²) in [5.41, 5.74) is 3.31. The van der Waals surface area contributed by atoms with Gasteiger partial charge in [0, 0.05) is 17.8 Å². The molecular formula is C13H14N2O. The number of aliphatic hydroxyl groups is 1. The van der Waals surface area contributed by atoms with Gasteiger partial charge in [-0.15, -0.1) is 0 Å². The molecule has 1 aliphatic rings. The highest BCUT2D eigenvalue weighted by molar-refractivity contribution is 5.36. The van der Waals surface area contributed by atoms with E-state index in [4.69, 9.17) is 5.11 Å². The van der Waals surface area contributed by atoms with E-state index in [9.17, 15) is 0 Å². The molecule has 0 radical (unpaired) electrons. The first-order valence-electron chi connectivity index (χ1n) is 5.62. The molecule has 0 atom stereocenters. The second-order valence-electron chi connectivity index (χ2n) is 4.27. The number of hydrogen-bond donors (Lipinski definition) is 1. The summed E-state index contributed by atoms with van der Waals surface area (Å²) in [4.78, 5) is 0. The van der Waals surface area contributed by atoms with Crippen molar-refractivity contribution in [2.45, 2.75) is 25.4 Å². The second-order valence-corrected chi connectivity index (χ2v) is 4.27. The van der Waals surface area contributed by atoms with E-state index in [1.165, 1.54) is 18.5 Å². The molecule has 3 heteroatoms. The van der Waals surface area contributed by atoms with E-state index in [-0.39, 0.29) is 6.61 Å². The number of rotatable bonds is 3. The minimum Gasteiger partial charge on any atom is -0.392 e. The quantitative estimate of drug-likeness (QED) is 0.851. The van der Waals surface area contributed by atoms with Gasteiger partial charge in [-0.2, -0.15) is 5.10 Å². The molecule has 1 fully saturated rings. The summed E-state index contributed by atoms with van der Waals surface area (Å²) in [6.07, 6.45) is 4.41. The fraction of sp³-hybridized carbons (Fsp3) is 0.308. The molecule has 1 heterocycles. The third kappa shape index (κ3) is 1.63. The van der Waals surface area contributed by atoms with Crippen molar-refractivity contribution in [2.24, 2.45) is 0 Å². The summed E-state index contributed by atoms with van der Waals surface area (Å²) in [5, 5.41) is 13.3. The third-order valence-electron chi connectivity index (χ3n) is 3.03. The van der Waals surface area contributed by atoms with Gasteiger partial charge in [-0.25, -0.2) is 4.68 Å². The average Bonchev–Trinajstić information content (AvgIpc) is 3.07. The second kappa shape index (κ2) is 3.76. The van der Waals surface area contributed by atoms with E-state index in [1.54, 1.807) is 0 Å². The highest BCUT2D eigenvalue weighted by atomic mass is 16.3. The van der Waals surface area contributed by atoms with Gasteiger partial charge in [-0.1, -0.05) is 12.1 Å². The highest BCUT2D eigenvalue weighted by Gasteiger charge is 2.27. The minimum atomic E-state index is 0.0921. The summed E-state index contributed by atoms with van der Waals surface area (Å²) in [5.74, 6) is 0.694. The molecule has 1 aliphatic carbocycles. The maximum atomic E-state index is 8.99. The maximum absolute atomic E-state index is 8.99. The molecule has 0 bridgehead atoms. The first kappa shape index (κ1) is 9.60. The SMILES string of the molecule is OCc1ccc(-n2nccc2C2CC2)cc1. The van der Waals surface area contributed by atoms with E-state index in [0.717, 1.165) is 11.3 Å². The van der Waals surface area contributed by atoms with Crippen LogP contribution in [0.25, 0.3) is 5.69 Å². The zero-order valence-electron chi connectivity index (χ0n) is 9.00. The van der Waals surface area contributed by atoms with Crippen LogP contribution in [0.1, 0.15) is 30.0 Å². The van der Waals surface area contributed by atoms with Crippen LogP contribution in [0.3, 0.4) is 0 Å². The van der Waals surface area contributed by atoms with E-state index >= 15 is 0 Å². The van der Waals surface area contributed by atoms with Gasteiger partial charge in [0.2, 0.25) is 0 Å². The Kier molecular flexibility index (Phi) is 2.26. The largest absolute Gasteiger partial charge is 0.392 e. The molecule has 2 aromatic rings. The predicted molar refractivity (Wildman–Crippen MR) is 61.5 cm³/mol. The monoisotopic (exact) mass is 214 g/mol. The van der Waals surface area contributed by atoms with Crippen LogP contribution in [0.5, 0.6) is 0 Å². The van der Waals surface area contributed by atoms with Crippen LogP contribution in [0.2, 0.25) is 0 Å². The molecule has 0 spiro atoms. The number of hydrogen-bond acceptors (Lipinski definition) is 2. The number of aromatic nitrogens is 2. The molecule has 0 aliphatic heterocycles. The Hall–Kier alpha value is -1.61. The van der Waals surface area contributed by atoms with Crippen molar-refractivity contribution in [1.29, 1.82) is 0 Å². The van der Waals surface area contributed by atoms with E-state index in [1.807, 2.05) is 35.1 Å². The Balaban J connectivity index is 1.97. The van der Waals surface area contributed by atoms with Crippen molar-refractivity contribution in [2.75, 3.05) is 0 Å². The van der Waals surface area contributed by atoms with Gasteiger partial charge >= 0.3 is 0 Å². The lowest BCUT2D eigenvalue weighted by molar-refractivity contribution is 0.282. The van der Waals surface area contributed by atoms with Gasteiger partial charge in [0.05, 0.1) is 12.3 Å². The molecule has 3 nitrogen and oxygen atoms in total. The molecular weight excluding hydrogens is 200 g/mol. The summed E-state index contributed by atoms with van der Waals surface area (Å²) < 4.78 is 2.00. The molecule has 1 saturated carbocycles. The van der Waals surface area contributed by atoms with Gasteiger partial charge in [-0.3, -0.25) is 0 Å². The standard InChI is InChI=1S/C13H14N2O/c16-9-10-1-5-12(6-2-10)15-13(7-8-14-15)11-3-4-11/h1-2,5-8,11,16H,3-4,9H2. The molecule has 0 amide bonds. The molecule has 1 aromatic carbocycles. The van der Waals surface area contributed by atoms with Crippen molar-refractivity contribution in [1.82, 2.24) is 9.78 Å². The van der Waals surface area contributed by atoms with Crippen molar-refractivity contribution < 1.29 is 5.11 Å². The Morgan fingerprint density at radius 3 is 2.56 bits per heavy atom. The van der Waals surface area contributed by atoms with Crippen molar-refractivity contribution in [3.8, 4) is 5.69 Å². The summed E-state index contributed by atoms with van der Waals surface area (Å²) in [6.45, 7) is 0.0921. The smallest absolute Gasteiger partial charge is 0.0681 e. The lowest BCUT2D eigenvalue weighted by atomic mass is 10.2. The number of benzene rings is 1. The van der Waals surface area contributed by atoms with Crippen LogP contribution in [0.15, 0.2) is 36.5 Å². The summed E-state index contributed by atoms with van der Waals surface area (Å²) >= 11 is 0. The molecule has 0 saturated heterocycles. The van der Waals surface area contributed by atoms with Crippen LogP contribution in [-0.4, -0.2) is 14.9 Å². The Morgan fingerprint density at radius 1 is 1.19 bits per heavy atom. The summed E-state index contributed by atoms with van der Waals surface area (Å²) in [7, 11) is 0. The summed E-state index contributed by atoms with van der Waals surface area (Å²) in [6, 6.07) is 9.98. The third-order valence-corrected chi connectivity index (χ3v) is 3.03. The molecule has 3 rings (SSSR count). The van der Waals surface area contributed by atoms with Gasteiger partial charge in [0.25, 0.3) is 0 Å². The first-order valence-corrected chi connectivity index (χ1v) is 5.62. The number of nitrogens with zero attached hydrogens (tertiary/aromatic N) is 2. The number of aliphatic hydroxyl groups excluding tert-OH is 1. The van der Waals surface area contributed by atoms with Crippen LogP contribution < -0.4 is 0 Å². The Bertz CT molecular complexity index is 483. The van der Waals surface area contributed by atoms with Crippen LogP contribution in [-0.2, 0) is 6.61 Å². The first-order chi connectivity index (χ1) is 7.88.